The molecule has 4 saturated heterocycles. The summed E-state index contributed by atoms with van der Waals surface area (Å²) in [6.07, 6.45) is 2.32. The number of nitrogens with one attached hydrogen (secondary N) is 1. The Morgan fingerprint density at radius 3 is 2.55 bits per heavy atom. The molecule has 4 fully saturated rings. The summed E-state index contributed by atoms with van der Waals surface area (Å²) < 4.78 is 5.51. The molecule has 0 aromatic heterocycles. The van der Waals surface area contributed by atoms with E-state index in [1.54, 1.807) is 0 Å². The smallest absolute Gasteiger partial charge is 0.410 e. The van der Waals surface area contributed by atoms with E-state index in [0.29, 0.717) is 12.1 Å². The van der Waals surface area contributed by atoms with Gasteiger partial charge in [0.05, 0.1) is 12.1 Å². The highest BCUT2D eigenvalue weighted by atomic mass is 16.6. The monoisotopic (exact) mass is 281 g/mol. The third kappa shape index (κ3) is 2.93. The van der Waals surface area contributed by atoms with Gasteiger partial charge in [0.15, 0.2) is 0 Å². The van der Waals surface area contributed by atoms with Gasteiger partial charge in [0, 0.05) is 19.6 Å². The van der Waals surface area contributed by atoms with Gasteiger partial charge in [-0.2, -0.15) is 0 Å². The number of piperidine rings is 1. The molecule has 4 aliphatic heterocycles. The number of hydrogen-bond donors (Lipinski definition) is 1. The van der Waals surface area contributed by atoms with Gasteiger partial charge in [-0.15, -0.1) is 0 Å². The van der Waals surface area contributed by atoms with Crippen LogP contribution in [0.2, 0.25) is 0 Å². The van der Waals surface area contributed by atoms with Gasteiger partial charge >= 0.3 is 6.09 Å². The molecule has 114 valence electrons. The van der Waals surface area contributed by atoms with E-state index >= 15 is 0 Å². The van der Waals surface area contributed by atoms with Crippen LogP contribution in [0.4, 0.5) is 4.79 Å². The average molecular weight is 281 g/mol. The molecule has 4 aliphatic rings. The Bertz CT molecular complexity index is 362. The van der Waals surface area contributed by atoms with E-state index < -0.39 is 5.60 Å². The van der Waals surface area contributed by atoms with Crippen molar-refractivity contribution in [2.45, 2.75) is 51.3 Å². The first-order chi connectivity index (χ1) is 9.42. The number of rotatable bonds is 2. The molecule has 20 heavy (non-hydrogen) atoms. The highest BCUT2D eigenvalue weighted by Gasteiger charge is 2.48. The van der Waals surface area contributed by atoms with Gasteiger partial charge in [0.2, 0.25) is 0 Å². The van der Waals surface area contributed by atoms with Gasteiger partial charge in [-0.25, -0.2) is 4.79 Å². The largest absolute Gasteiger partial charge is 0.444 e. The Kier molecular flexibility index (Phi) is 3.67. The molecular formula is C15H27N3O2. The summed E-state index contributed by atoms with van der Waals surface area (Å²) in [5, 5.41) is 3.43. The Hall–Kier alpha value is -0.810. The van der Waals surface area contributed by atoms with E-state index in [9.17, 15) is 4.79 Å². The lowest BCUT2D eigenvalue weighted by atomic mass is 9.87. The highest BCUT2D eigenvalue weighted by molar-refractivity contribution is 5.70. The second-order valence-corrected chi connectivity index (χ2v) is 7.51. The fraction of sp³-hybridized carbons (Fsp3) is 0.933. The van der Waals surface area contributed by atoms with Crippen LogP contribution in [0.3, 0.4) is 0 Å². The lowest BCUT2D eigenvalue weighted by Gasteiger charge is -2.56. The van der Waals surface area contributed by atoms with Gasteiger partial charge in [-0.3, -0.25) is 9.80 Å². The summed E-state index contributed by atoms with van der Waals surface area (Å²) in [5.74, 6) is 0.794. The highest BCUT2D eigenvalue weighted by Crippen LogP contribution is 2.34. The molecule has 4 rings (SSSR count). The summed E-state index contributed by atoms with van der Waals surface area (Å²) in [4.78, 5) is 16.7. The minimum atomic E-state index is -0.393. The maximum absolute atomic E-state index is 12.2. The van der Waals surface area contributed by atoms with Crippen LogP contribution in [-0.2, 0) is 4.74 Å². The van der Waals surface area contributed by atoms with Gasteiger partial charge < -0.3 is 10.1 Å². The molecule has 1 N–H and O–H groups in total. The molecule has 0 radical (unpaired) electrons. The topological polar surface area (TPSA) is 44.8 Å². The van der Waals surface area contributed by atoms with E-state index in [1.165, 1.54) is 13.0 Å². The van der Waals surface area contributed by atoms with Crippen LogP contribution in [0.25, 0.3) is 0 Å². The first kappa shape index (κ1) is 14.1. The average Bonchev–Trinajstić information content (AvgIpc) is 2.78. The van der Waals surface area contributed by atoms with Gasteiger partial charge in [0.25, 0.3) is 0 Å². The standard InChI is InChI=1S/C15H27N3O2/c1-15(2,3)20-14(19)18-12-6-13(18)10-17(9-12)8-11-4-5-16-7-11/h11-13,16H,4-10H2,1-3H3. The zero-order chi connectivity index (χ0) is 14.3. The SMILES string of the molecule is CC(C)(C)OC(=O)N1C2CC1CN(CC1CCNC1)C2. The van der Waals surface area contributed by atoms with Crippen LogP contribution in [0.1, 0.15) is 33.6 Å². The summed E-state index contributed by atoms with van der Waals surface area (Å²) >= 11 is 0. The van der Waals surface area contributed by atoms with Crippen molar-refractivity contribution in [2.75, 3.05) is 32.7 Å². The number of ether oxygens (including phenoxy) is 1. The van der Waals surface area contributed by atoms with Gasteiger partial charge in [-0.1, -0.05) is 0 Å². The van der Waals surface area contributed by atoms with Gasteiger partial charge in [-0.05, 0) is 52.6 Å². The van der Waals surface area contributed by atoms with Gasteiger partial charge in [0.1, 0.15) is 5.60 Å². The molecule has 0 aliphatic carbocycles. The number of piperazine rings is 1. The number of carbonyl (C=O) groups excluding carboxylic acids is 1. The summed E-state index contributed by atoms with van der Waals surface area (Å²) in [5.41, 5.74) is -0.393. The first-order valence-electron chi connectivity index (χ1n) is 7.87. The molecule has 5 nitrogen and oxygen atoms in total. The Morgan fingerprint density at radius 2 is 2.00 bits per heavy atom. The number of fused-ring (bicyclic) bond motifs is 2. The molecule has 0 aromatic carbocycles. The number of nitrogens with zero attached hydrogens (tertiary/aromatic N) is 2. The third-order valence-electron chi connectivity index (χ3n) is 4.55. The van der Waals surface area contributed by atoms with Crippen molar-refractivity contribution in [1.82, 2.24) is 15.1 Å². The molecule has 0 saturated carbocycles. The number of amides is 1. The van der Waals surface area contributed by atoms with Crippen LogP contribution >= 0.6 is 0 Å². The van der Waals surface area contributed by atoms with Crippen molar-refractivity contribution in [2.24, 2.45) is 5.92 Å². The van der Waals surface area contributed by atoms with E-state index in [1.807, 2.05) is 25.7 Å². The van der Waals surface area contributed by atoms with Crippen molar-refractivity contribution in [3.05, 3.63) is 0 Å². The van der Waals surface area contributed by atoms with Crippen molar-refractivity contribution >= 4 is 6.09 Å². The van der Waals surface area contributed by atoms with Crippen molar-refractivity contribution in [3.8, 4) is 0 Å². The lowest BCUT2D eigenvalue weighted by molar-refractivity contribution is -0.0784. The second kappa shape index (κ2) is 5.19. The summed E-state index contributed by atoms with van der Waals surface area (Å²) in [7, 11) is 0. The Labute approximate surface area is 121 Å². The lowest BCUT2D eigenvalue weighted by Crippen LogP contribution is -2.70. The molecule has 0 spiro atoms. The van der Waals surface area contributed by atoms with Crippen molar-refractivity contribution in [1.29, 1.82) is 0 Å². The Morgan fingerprint density at radius 1 is 1.30 bits per heavy atom. The summed E-state index contributed by atoms with van der Waals surface area (Å²) in [6, 6.07) is 0.746. The molecule has 3 unspecified atom stereocenters. The van der Waals surface area contributed by atoms with Crippen molar-refractivity contribution in [3.63, 3.8) is 0 Å². The van der Waals surface area contributed by atoms with Crippen LogP contribution in [-0.4, -0.2) is 66.3 Å². The minimum Gasteiger partial charge on any atom is -0.444 e. The molecule has 2 bridgehead atoms. The van der Waals surface area contributed by atoms with E-state index in [4.69, 9.17) is 4.74 Å². The second-order valence-electron chi connectivity index (χ2n) is 7.51. The molecule has 4 heterocycles. The van der Waals surface area contributed by atoms with Crippen molar-refractivity contribution < 1.29 is 9.53 Å². The molecule has 3 atom stereocenters. The summed E-state index contributed by atoms with van der Waals surface area (Å²) in [6.45, 7) is 11.3. The van der Waals surface area contributed by atoms with E-state index in [0.717, 1.165) is 38.5 Å². The maximum Gasteiger partial charge on any atom is 0.410 e. The third-order valence-corrected chi connectivity index (χ3v) is 4.55. The maximum atomic E-state index is 12.2. The van der Waals surface area contributed by atoms with E-state index in [-0.39, 0.29) is 6.09 Å². The molecule has 1 amide bonds. The molecule has 0 aromatic rings. The molecule has 5 heteroatoms. The molecular weight excluding hydrogens is 254 g/mol. The zero-order valence-electron chi connectivity index (χ0n) is 12.9. The Balaban J connectivity index is 1.50. The fourth-order valence-corrected chi connectivity index (χ4v) is 3.69. The predicted octanol–water partition coefficient (Wildman–Crippen LogP) is 1.29. The quantitative estimate of drug-likeness (QED) is 0.828. The first-order valence-corrected chi connectivity index (χ1v) is 7.87. The predicted molar refractivity (Wildman–Crippen MR) is 77.7 cm³/mol. The zero-order valence-corrected chi connectivity index (χ0v) is 12.9. The fourth-order valence-electron chi connectivity index (χ4n) is 3.69. The van der Waals surface area contributed by atoms with Crippen LogP contribution in [0.5, 0.6) is 0 Å². The van der Waals surface area contributed by atoms with Crippen LogP contribution < -0.4 is 5.32 Å². The minimum absolute atomic E-state index is 0.124. The van der Waals surface area contributed by atoms with Crippen LogP contribution in [0, 0.1) is 5.92 Å². The number of hydrogen-bond acceptors (Lipinski definition) is 4. The number of carbonyl (C=O) groups is 1. The van der Waals surface area contributed by atoms with E-state index in [2.05, 4.69) is 10.2 Å². The van der Waals surface area contributed by atoms with Crippen LogP contribution in [0.15, 0.2) is 0 Å². The normalized spacial score (nSPS) is 34.0.